The molecule has 0 saturated heterocycles. The molecule has 1 aliphatic rings. The van der Waals surface area contributed by atoms with Crippen LogP contribution < -0.4 is 10.6 Å². The van der Waals surface area contributed by atoms with Crippen LogP contribution in [0.5, 0.6) is 0 Å². The lowest BCUT2D eigenvalue weighted by molar-refractivity contribution is -0.115. The van der Waals surface area contributed by atoms with Crippen molar-refractivity contribution >= 4 is 29.8 Å². The fourth-order valence-corrected chi connectivity index (χ4v) is 2.29. The van der Waals surface area contributed by atoms with Crippen LogP contribution in [0.15, 0.2) is 18.2 Å². The predicted molar refractivity (Wildman–Crippen MR) is 84.3 cm³/mol. The predicted octanol–water partition coefficient (Wildman–Crippen LogP) is 1.80. The second-order valence-electron chi connectivity index (χ2n) is 4.87. The summed E-state index contributed by atoms with van der Waals surface area (Å²) in [6, 6.07) is 5.56. The van der Waals surface area contributed by atoms with Crippen LogP contribution in [-0.2, 0) is 16.0 Å². The molecule has 2 N–H and O–H groups in total. The number of hydrogen-bond acceptors (Lipinski definition) is 4. The lowest BCUT2D eigenvalue weighted by Crippen LogP contribution is -2.30. The van der Waals surface area contributed by atoms with E-state index in [1.807, 2.05) is 12.1 Å². The van der Waals surface area contributed by atoms with E-state index in [1.165, 1.54) is 0 Å². The quantitative estimate of drug-likeness (QED) is 0.786. The standard InChI is InChI=1S/C15H20N2O3.ClH/c1-20-8-7-16-10-15(19)17-12-6-5-11-3-2-4-14(18)13(11)9-12;/h5-6,9,16H,2-4,7-8,10H2,1H3,(H,17,19);1H. The first-order chi connectivity index (χ1) is 9.70. The third-order valence-electron chi connectivity index (χ3n) is 3.31. The lowest BCUT2D eigenvalue weighted by atomic mass is 9.90. The number of hydrogen-bond donors (Lipinski definition) is 2. The van der Waals surface area contributed by atoms with Crippen LogP contribution in [0.1, 0.15) is 28.8 Å². The Kier molecular flexibility index (Phi) is 7.36. The number of ketones is 1. The molecule has 0 aliphatic heterocycles. The number of carbonyl (C=O) groups excluding carboxylic acids is 2. The van der Waals surface area contributed by atoms with Crippen molar-refractivity contribution in [2.75, 3.05) is 32.1 Å². The van der Waals surface area contributed by atoms with Gasteiger partial charge < -0.3 is 15.4 Å². The maximum atomic E-state index is 11.8. The van der Waals surface area contributed by atoms with E-state index in [0.29, 0.717) is 25.3 Å². The number of carbonyl (C=O) groups is 2. The number of Topliss-reactive ketones (excluding diaryl/α,β-unsaturated/α-hetero) is 1. The summed E-state index contributed by atoms with van der Waals surface area (Å²) >= 11 is 0. The van der Waals surface area contributed by atoms with Gasteiger partial charge in [0.1, 0.15) is 0 Å². The van der Waals surface area contributed by atoms with Crippen molar-refractivity contribution in [2.24, 2.45) is 0 Å². The minimum absolute atomic E-state index is 0. The number of benzene rings is 1. The molecule has 116 valence electrons. The Bertz CT molecular complexity index is 506. The SMILES string of the molecule is COCCNCC(=O)Nc1ccc2c(c1)C(=O)CCC2.Cl. The van der Waals surface area contributed by atoms with Gasteiger partial charge in [-0.25, -0.2) is 0 Å². The van der Waals surface area contributed by atoms with Gasteiger partial charge in [0, 0.05) is 31.3 Å². The third kappa shape index (κ3) is 5.12. The molecule has 0 saturated carbocycles. The van der Waals surface area contributed by atoms with Crippen LogP contribution >= 0.6 is 12.4 Å². The van der Waals surface area contributed by atoms with E-state index in [9.17, 15) is 9.59 Å². The van der Waals surface area contributed by atoms with Crippen molar-refractivity contribution in [3.05, 3.63) is 29.3 Å². The van der Waals surface area contributed by atoms with Gasteiger partial charge in [-0.2, -0.15) is 0 Å². The number of rotatable bonds is 6. The topological polar surface area (TPSA) is 67.4 Å². The number of anilines is 1. The van der Waals surface area contributed by atoms with E-state index in [0.717, 1.165) is 24.0 Å². The van der Waals surface area contributed by atoms with Crippen molar-refractivity contribution in [3.8, 4) is 0 Å². The molecule has 2 rings (SSSR count). The number of nitrogens with one attached hydrogen (secondary N) is 2. The number of aryl methyl sites for hydroxylation is 1. The zero-order valence-corrected chi connectivity index (χ0v) is 12.9. The number of halogens is 1. The van der Waals surface area contributed by atoms with Gasteiger partial charge in [-0.1, -0.05) is 6.07 Å². The Labute approximate surface area is 130 Å². The van der Waals surface area contributed by atoms with E-state index >= 15 is 0 Å². The molecule has 1 aromatic rings. The monoisotopic (exact) mass is 312 g/mol. The zero-order chi connectivity index (χ0) is 14.4. The first kappa shape index (κ1) is 17.6. The van der Waals surface area contributed by atoms with E-state index < -0.39 is 0 Å². The highest BCUT2D eigenvalue weighted by atomic mass is 35.5. The molecule has 1 aromatic carbocycles. The molecular weight excluding hydrogens is 292 g/mol. The summed E-state index contributed by atoms with van der Waals surface area (Å²) < 4.78 is 4.88. The van der Waals surface area contributed by atoms with E-state index in [4.69, 9.17) is 4.74 Å². The maximum Gasteiger partial charge on any atom is 0.238 e. The Morgan fingerprint density at radius 3 is 2.90 bits per heavy atom. The minimum Gasteiger partial charge on any atom is -0.383 e. The smallest absolute Gasteiger partial charge is 0.238 e. The van der Waals surface area contributed by atoms with Crippen molar-refractivity contribution in [1.29, 1.82) is 0 Å². The molecule has 0 bridgehead atoms. The summed E-state index contributed by atoms with van der Waals surface area (Å²) in [5, 5.41) is 5.77. The Balaban J connectivity index is 0.00000220. The first-order valence-corrected chi connectivity index (χ1v) is 6.86. The van der Waals surface area contributed by atoms with Gasteiger partial charge in [0.25, 0.3) is 0 Å². The Hall–Kier alpha value is -1.43. The average molecular weight is 313 g/mol. The fraction of sp³-hybridized carbons (Fsp3) is 0.467. The molecule has 0 heterocycles. The van der Waals surface area contributed by atoms with Gasteiger partial charge in [-0.05, 0) is 30.5 Å². The van der Waals surface area contributed by atoms with Crippen molar-refractivity contribution in [3.63, 3.8) is 0 Å². The van der Waals surface area contributed by atoms with E-state index in [-0.39, 0.29) is 30.6 Å². The van der Waals surface area contributed by atoms with Crippen LogP contribution in [0.3, 0.4) is 0 Å². The highest BCUT2D eigenvalue weighted by Crippen LogP contribution is 2.24. The van der Waals surface area contributed by atoms with Crippen LogP contribution in [-0.4, -0.2) is 38.5 Å². The van der Waals surface area contributed by atoms with Gasteiger partial charge in [0.05, 0.1) is 13.2 Å². The molecule has 0 unspecified atom stereocenters. The van der Waals surface area contributed by atoms with Crippen LogP contribution in [0, 0.1) is 0 Å². The molecule has 6 heteroatoms. The number of fused-ring (bicyclic) bond motifs is 1. The average Bonchev–Trinajstić information content (AvgIpc) is 2.45. The highest BCUT2D eigenvalue weighted by molar-refractivity contribution is 6.00. The molecule has 21 heavy (non-hydrogen) atoms. The number of methoxy groups -OCH3 is 1. The largest absolute Gasteiger partial charge is 0.383 e. The second kappa shape index (κ2) is 8.77. The van der Waals surface area contributed by atoms with E-state index in [2.05, 4.69) is 10.6 Å². The minimum atomic E-state index is -0.121. The van der Waals surface area contributed by atoms with Crippen LogP contribution in [0.25, 0.3) is 0 Å². The normalized spacial score (nSPS) is 13.3. The summed E-state index contributed by atoms with van der Waals surface area (Å²) in [5.41, 5.74) is 2.51. The molecule has 0 atom stereocenters. The molecule has 0 radical (unpaired) electrons. The van der Waals surface area contributed by atoms with Crippen molar-refractivity contribution in [1.82, 2.24) is 5.32 Å². The molecule has 0 aromatic heterocycles. The molecule has 0 fully saturated rings. The van der Waals surface area contributed by atoms with Crippen molar-refractivity contribution in [2.45, 2.75) is 19.3 Å². The Morgan fingerprint density at radius 1 is 1.33 bits per heavy atom. The summed E-state index contributed by atoms with van der Waals surface area (Å²) in [7, 11) is 1.62. The first-order valence-electron chi connectivity index (χ1n) is 6.86. The molecular formula is C15H21ClN2O3. The van der Waals surface area contributed by atoms with Crippen LogP contribution in [0.2, 0.25) is 0 Å². The van der Waals surface area contributed by atoms with Gasteiger partial charge in [-0.3, -0.25) is 9.59 Å². The molecule has 5 nitrogen and oxygen atoms in total. The molecule has 0 spiro atoms. The zero-order valence-electron chi connectivity index (χ0n) is 12.1. The number of amides is 1. The lowest BCUT2D eigenvalue weighted by Gasteiger charge is -2.16. The summed E-state index contributed by atoms with van der Waals surface area (Å²) in [6.45, 7) is 1.43. The van der Waals surface area contributed by atoms with Gasteiger partial charge in [0.15, 0.2) is 5.78 Å². The van der Waals surface area contributed by atoms with Crippen molar-refractivity contribution < 1.29 is 14.3 Å². The summed E-state index contributed by atoms with van der Waals surface area (Å²) in [6.07, 6.45) is 2.46. The van der Waals surface area contributed by atoms with Gasteiger partial charge in [0.2, 0.25) is 5.91 Å². The van der Waals surface area contributed by atoms with E-state index in [1.54, 1.807) is 13.2 Å². The number of ether oxygens (including phenoxy) is 1. The second-order valence-corrected chi connectivity index (χ2v) is 4.87. The molecule has 1 amide bonds. The molecule has 1 aliphatic carbocycles. The van der Waals surface area contributed by atoms with Crippen LogP contribution in [0.4, 0.5) is 5.69 Å². The highest BCUT2D eigenvalue weighted by Gasteiger charge is 2.17. The van der Waals surface area contributed by atoms with Gasteiger partial charge in [-0.15, -0.1) is 12.4 Å². The summed E-state index contributed by atoms with van der Waals surface area (Å²) in [5.74, 6) is 0.0462. The maximum absolute atomic E-state index is 11.8. The summed E-state index contributed by atoms with van der Waals surface area (Å²) in [4.78, 5) is 23.6. The fourth-order valence-electron chi connectivity index (χ4n) is 2.29. The third-order valence-corrected chi connectivity index (χ3v) is 3.31. The van der Waals surface area contributed by atoms with Gasteiger partial charge >= 0.3 is 0 Å². The Morgan fingerprint density at radius 2 is 2.14 bits per heavy atom.